The number of nitrogens with zero attached hydrogens (tertiary/aromatic N) is 1. The molecule has 1 saturated carbocycles. The molecule has 19 heavy (non-hydrogen) atoms. The average Bonchev–Trinajstić information content (AvgIpc) is 2.70. The second kappa shape index (κ2) is 5.22. The molecule has 6 nitrogen and oxygen atoms in total. The van der Waals surface area contributed by atoms with E-state index in [0.717, 1.165) is 19.3 Å². The summed E-state index contributed by atoms with van der Waals surface area (Å²) in [5, 5.41) is 6.61. The lowest BCUT2D eigenvalue weighted by atomic mass is 9.67. The van der Waals surface area contributed by atoms with Crippen LogP contribution in [0.15, 0.2) is 4.90 Å². The Morgan fingerprint density at radius 2 is 2.16 bits per heavy atom. The van der Waals surface area contributed by atoms with Crippen molar-refractivity contribution in [3.8, 4) is 0 Å². The number of sulfonamides is 1. The quantitative estimate of drug-likeness (QED) is 0.727. The van der Waals surface area contributed by atoms with Gasteiger partial charge >= 0.3 is 0 Å². The third-order valence-electron chi connectivity index (χ3n) is 4.22. The highest BCUT2D eigenvalue weighted by Gasteiger charge is 2.36. The Kier molecular flexibility index (Phi) is 3.98. The van der Waals surface area contributed by atoms with E-state index in [-0.39, 0.29) is 16.9 Å². The third kappa shape index (κ3) is 2.68. The molecule has 2 rings (SSSR count). The zero-order valence-corrected chi connectivity index (χ0v) is 12.3. The van der Waals surface area contributed by atoms with Gasteiger partial charge in [-0.2, -0.15) is 5.10 Å². The van der Waals surface area contributed by atoms with Gasteiger partial charge in [0.25, 0.3) is 0 Å². The van der Waals surface area contributed by atoms with Crippen molar-refractivity contribution in [1.29, 1.82) is 0 Å². The fourth-order valence-corrected chi connectivity index (χ4v) is 4.15. The Balaban J connectivity index is 2.16. The number of hydrogen-bond acceptors (Lipinski definition) is 4. The molecule has 0 bridgehead atoms. The number of nitrogens with one attached hydrogen (secondary N) is 2. The number of hydrogen-bond donors (Lipinski definition) is 3. The van der Waals surface area contributed by atoms with E-state index in [0.29, 0.717) is 17.9 Å². The molecule has 0 spiro atoms. The zero-order chi connectivity index (χ0) is 14.1. The number of nitrogens with two attached hydrogens (primary N) is 1. The van der Waals surface area contributed by atoms with Gasteiger partial charge in [-0.1, -0.05) is 13.3 Å². The van der Waals surface area contributed by atoms with Crippen LogP contribution in [-0.4, -0.2) is 25.2 Å². The van der Waals surface area contributed by atoms with Gasteiger partial charge in [0.2, 0.25) is 10.0 Å². The molecule has 1 fully saturated rings. The smallest absolute Gasteiger partial charge is 0.244 e. The monoisotopic (exact) mass is 286 g/mol. The second-order valence-electron chi connectivity index (χ2n) is 5.36. The molecule has 0 aliphatic heterocycles. The van der Waals surface area contributed by atoms with Gasteiger partial charge in [-0.25, -0.2) is 13.1 Å². The fourth-order valence-electron chi connectivity index (χ4n) is 2.62. The topological polar surface area (TPSA) is 101 Å². The summed E-state index contributed by atoms with van der Waals surface area (Å²) in [5.74, 6) is 0. The summed E-state index contributed by atoms with van der Waals surface area (Å²) >= 11 is 0. The summed E-state index contributed by atoms with van der Waals surface area (Å²) < 4.78 is 27.5. The van der Waals surface area contributed by atoms with E-state index in [2.05, 4.69) is 21.8 Å². The minimum atomic E-state index is -3.53. The number of H-pyrrole nitrogens is 1. The Bertz CT molecular complexity index is 541. The highest BCUT2D eigenvalue weighted by atomic mass is 32.2. The summed E-state index contributed by atoms with van der Waals surface area (Å²) in [6.45, 7) is 4.42. The van der Waals surface area contributed by atoms with Crippen molar-refractivity contribution in [2.24, 2.45) is 11.1 Å². The van der Waals surface area contributed by atoms with Gasteiger partial charge in [-0.15, -0.1) is 0 Å². The molecule has 0 radical (unpaired) electrons. The first-order valence-electron chi connectivity index (χ1n) is 6.68. The summed E-state index contributed by atoms with van der Waals surface area (Å²) in [5.41, 5.74) is 6.60. The van der Waals surface area contributed by atoms with Gasteiger partial charge in [0, 0.05) is 13.1 Å². The van der Waals surface area contributed by atoms with Crippen molar-refractivity contribution in [1.82, 2.24) is 14.9 Å². The molecule has 0 saturated heterocycles. The summed E-state index contributed by atoms with van der Waals surface area (Å²) in [4.78, 5) is 0.209. The first kappa shape index (κ1) is 14.5. The molecule has 0 aromatic carbocycles. The predicted molar refractivity (Wildman–Crippen MR) is 73.0 cm³/mol. The van der Waals surface area contributed by atoms with Crippen LogP contribution >= 0.6 is 0 Å². The second-order valence-corrected chi connectivity index (χ2v) is 7.06. The molecule has 7 heteroatoms. The van der Waals surface area contributed by atoms with E-state index in [4.69, 9.17) is 5.73 Å². The SMILES string of the molecule is CCC1(CNS(=O)(=O)c2c(CN)n[nH]c2C)CCC1. The van der Waals surface area contributed by atoms with Gasteiger partial charge in [-0.3, -0.25) is 5.10 Å². The highest BCUT2D eigenvalue weighted by Crippen LogP contribution is 2.43. The van der Waals surface area contributed by atoms with Crippen molar-refractivity contribution in [2.75, 3.05) is 6.54 Å². The predicted octanol–water partition coefficient (Wildman–Crippen LogP) is 1.04. The maximum absolute atomic E-state index is 12.4. The lowest BCUT2D eigenvalue weighted by Crippen LogP contribution is -2.41. The van der Waals surface area contributed by atoms with E-state index in [1.165, 1.54) is 6.42 Å². The Morgan fingerprint density at radius 3 is 2.63 bits per heavy atom. The van der Waals surface area contributed by atoms with Crippen LogP contribution in [0.3, 0.4) is 0 Å². The van der Waals surface area contributed by atoms with Crippen molar-refractivity contribution in [2.45, 2.75) is 51.0 Å². The van der Waals surface area contributed by atoms with Crippen LogP contribution in [0.2, 0.25) is 0 Å². The van der Waals surface area contributed by atoms with Crippen LogP contribution in [0.5, 0.6) is 0 Å². The first-order valence-corrected chi connectivity index (χ1v) is 8.16. The Morgan fingerprint density at radius 1 is 1.47 bits per heavy atom. The van der Waals surface area contributed by atoms with Crippen molar-refractivity contribution < 1.29 is 8.42 Å². The van der Waals surface area contributed by atoms with Gasteiger partial charge in [0.1, 0.15) is 4.90 Å². The lowest BCUT2D eigenvalue weighted by Gasteiger charge is -2.41. The number of aromatic nitrogens is 2. The van der Waals surface area contributed by atoms with Crippen molar-refractivity contribution in [3.63, 3.8) is 0 Å². The maximum Gasteiger partial charge on any atom is 0.244 e. The minimum absolute atomic E-state index is 0.111. The van der Waals surface area contributed by atoms with Crippen LogP contribution in [0, 0.1) is 12.3 Å². The third-order valence-corrected chi connectivity index (χ3v) is 5.83. The minimum Gasteiger partial charge on any atom is -0.325 e. The summed E-state index contributed by atoms with van der Waals surface area (Å²) in [6.07, 6.45) is 4.39. The fraction of sp³-hybridized carbons (Fsp3) is 0.750. The first-order chi connectivity index (χ1) is 8.94. The van der Waals surface area contributed by atoms with Crippen LogP contribution < -0.4 is 10.5 Å². The van der Waals surface area contributed by atoms with E-state index in [9.17, 15) is 8.42 Å². The number of aryl methyl sites for hydroxylation is 1. The normalized spacial score (nSPS) is 18.3. The van der Waals surface area contributed by atoms with Crippen LogP contribution in [0.4, 0.5) is 0 Å². The van der Waals surface area contributed by atoms with Crippen LogP contribution in [0.1, 0.15) is 44.0 Å². The molecular weight excluding hydrogens is 264 g/mol. The zero-order valence-electron chi connectivity index (χ0n) is 11.5. The Hall–Kier alpha value is -0.920. The van der Waals surface area contributed by atoms with Gasteiger partial charge in [0.05, 0.1) is 11.4 Å². The average molecular weight is 286 g/mol. The molecule has 1 heterocycles. The number of rotatable bonds is 6. The maximum atomic E-state index is 12.4. The molecular formula is C12H22N4O2S. The van der Waals surface area contributed by atoms with E-state index >= 15 is 0 Å². The molecule has 1 aliphatic rings. The van der Waals surface area contributed by atoms with Crippen LogP contribution in [0.25, 0.3) is 0 Å². The summed E-state index contributed by atoms with van der Waals surface area (Å²) in [7, 11) is -3.53. The van der Waals surface area contributed by atoms with Crippen LogP contribution in [-0.2, 0) is 16.6 Å². The number of aromatic amines is 1. The van der Waals surface area contributed by atoms with Gasteiger partial charge in [-0.05, 0) is 31.6 Å². The van der Waals surface area contributed by atoms with Gasteiger partial charge < -0.3 is 5.73 Å². The lowest BCUT2D eigenvalue weighted by molar-refractivity contribution is 0.133. The van der Waals surface area contributed by atoms with E-state index in [1.54, 1.807) is 6.92 Å². The van der Waals surface area contributed by atoms with E-state index < -0.39 is 10.0 Å². The molecule has 108 valence electrons. The molecule has 1 aromatic rings. The van der Waals surface area contributed by atoms with Gasteiger partial charge in [0.15, 0.2) is 0 Å². The highest BCUT2D eigenvalue weighted by molar-refractivity contribution is 7.89. The molecule has 0 amide bonds. The summed E-state index contributed by atoms with van der Waals surface area (Å²) in [6, 6.07) is 0. The van der Waals surface area contributed by atoms with E-state index in [1.807, 2.05) is 0 Å². The van der Waals surface area contributed by atoms with Crippen molar-refractivity contribution >= 4 is 10.0 Å². The molecule has 0 atom stereocenters. The van der Waals surface area contributed by atoms with Crippen molar-refractivity contribution in [3.05, 3.63) is 11.4 Å². The molecule has 0 unspecified atom stereocenters. The Labute approximate surface area is 114 Å². The molecule has 4 N–H and O–H groups in total. The molecule has 1 aliphatic carbocycles. The standard InChI is InChI=1S/C12H22N4O2S/c1-3-12(5-4-6-12)8-14-19(17,18)11-9(2)15-16-10(11)7-13/h14H,3-8,13H2,1-2H3,(H,15,16). The largest absolute Gasteiger partial charge is 0.325 e. The molecule has 1 aromatic heterocycles.